The number of ketones is 4. The van der Waals surface area contributed by atoms with E-state index >= 15 is 0 Å². The number of carboxylic acid groups (broad SMARTS) is 3. The van der Waals surface area contributed by atoms with Gasteiger partial charge in [-0.2, -0.15) is 0 Å². The number of carbonyl (C=O) groups excluding carboxylic acids is 5. The second-order valence-electron chi connectivity index (χ2n) is 8.61. The molecule has 3 aromatic rings. The maximum atomic E-state index is 10.7. The Morgan fingerprint density at radius 2 is 0.698 bits per heavy atom. The number of carboxylic acids is 3. The third kappa shape index (κ3) is 59.2. The van der Waals surface area contributed by atoms with Crippen molar-refractivity contribution in [2.75, 3.05) is 19.6 Å². The van der Waals surface area contributed by atoms with Crippen LogP contribution < -0.4 is 0 Å². The van der Waals surface area contributed by atoms with Crippen LogP contribution in [0.15, 0.2) is 91.0 Å². The van der Waals surface area contributed by atoms with Crippen LogP contribution in [0.2, 0.25) is 0 Å². The van der Waals surface area contributed by atoms with Crippen molar-refractivity contribution < 1.29 is 74.1 Å². The molecule has 15 nitrogen and oxygen atoms in total. The van der Waals surface area contributed by atoms with Gasteiger partial charge >= 0.3 is 23.9 Å². The fourth-order valence-corrected chi connectivity index (χ4v) is 1.89. The summed E-state index contributed by atoms with van der Waals surface area (Å²) in [6.45, 7) is 8.51. The highest BCUT2D eigenvalue weighted by Crippen LogP contribution is 2.00. The van der Waals surface area contributed by atoms with Gasteiger partial charge in [0.1, 0.15) is 6.61 Å². The Hall–Kier alpha value is -5.32. The van der Waals surface area contributed by atoms with E-state index in [0.29, 0.717) is 0 Å². The number of alkyl halides is 2. The topological polar surface area (TPSA) is 278 Å². The van der Waals surface area contributed by atoms with Gasteiger partial charge in [0, 0.05) is 41.9 Å². The van der Waals surface area contributed by atoms with Crippen LogP contribution in [0.25, 0.3) is 0 Å². The van der Waals surface area contributed by atoms with Crippen LogP contribution >= 0.6 is 23.2 Å². The Morgan fingerprint density at radius 1 is 0.491 bits per heavy atom. The smallest absolute Gasteiger partial charge is 0.374 e. The molecule has 0 saturated heterocycles. The number of Topliss-reactive ketones (excluding diaryl/α,β-unsaturated/α-hetero) is 4. The van der Waals surface area contributed by atoms with E-state index in [1.165, 1.54) is 18.1 Å². The number of rotatable bonds is 6. The Bertz CT molecular complexity index is 1260. The molecule has 298 valence electrons. The fourth-order valence-electron chi connectivity index (χ4n) is 1.89. The minimum Gasteiger partial charge on any atom is -0.476 e. The number of aliphatic carboxylic acids is 3. The normalized spacial score (nSPS) is 7.70. The lowest BCUT2D eigenvalue weighted by molar-refractivity contribution is -0.153. The van der Waals surface area contributed by atoms with E-state index in [1.54, 1.807) is 0 Å². The summed E-state index contributed by atoms with van der Waals surface area (Å²) in [6.07, 6.45) is 0. The molecule has 0 aliphatic carbocycles. The predicted octanol–water partition coefficient (Wildman–Crippen LogP) is 4.10. The van der Waals surface area contributed by atoms with Crippen molar-refractivity contribution in [3.05, 3.63) is 108 Å². The Morgan fingerprint density at radius 3 is 0.849 bits per heavy atom. The molecule has 53 heavy (non-hydrogen) atoms. The highest BCUT2D eigenvalue weighted by molar-refractivity contribution is 6.40. The molecular weight excluding hydrogens is 747 g/mol. The van der Waals surface area contributed by atoms with Crippen molar-refractivity contribution in [2.45, 2.75) is 48.1 Å². The van der Waals surface area contributed by atoms with E-state index in [1.807, 2.05) is 66.7 Å². The summed E-state index contributed by atoms with van der Waals surface area (Å²) in [5.41, 5.74) is 3.52. The maximum absolute atomic E-state index is 10.7. The fraction of sp³-hybridized carbons (Fsp3) is 0.278. The van der Waals surface area contributed by atoms with E-state index < -0.39 is 47.0 Å². The average molecular weight is 798 g/mol. The molecule has 0 saturated carbocycles. The predicted molar refractivity (Wildman–Crippen MR) is 201 cm³/mol. The molecule has 0 aromatic heterocycles. The maximum Gasteiger partial charge on any atom is 0.374 e. The molecule has 7 N–H and O–H groups in total. The minimum absolute atomic E-state index is 0. The summed E-state index contributed by atoms with van der Waals surface area (Å²) in [6, 6.07) is 29.7. The summed E-state index contributed by atoms with van der Waals surface area (Å²) in [5, 5.41) is 37.1. The van der Waals surface area contributed by atoms with Gasteiger partial charge in [-0.3, -0.25) is 19.2 Å². The molecule has 0 amide bonds. The number of ether oxygens (including phenoxy) is 1. The zero-order valence-electron chi connectivity index (χ0n) is 30.7. The van der Waals surface area contributed by atoms with E-state index in [-0.39, 0.29) is 17.4 Å². The van der Waals surface area contributed by atoms with Crippen molar-refractivity contribution in [3.8, 4) is 0 Å². The SMILES string of the molecule is CC(=O)[13C](=O)O.CC(=O)[13C](=O)O.CC(=O)[13C](=O)O.CC(=O)[13C](=O)OCc1ccccc1.CO.CO.Cc1ccccc1.Cc1ccccc1.ClCCl.O. The largest absolute Gasteiger partial charge is 0.476 e. The first-order valence-electron chi connectivity index (χ1n) is 14.3. The Balaban J connectivity index is -0.0000000945. The molecule has 0 bridgehead atoms. The highest BCUT2D eigenvalue weighted by atomic mass is 35.5. The molecule has 0 atom stereocenters. The summed E-state index contributed by atoms with van der Waals surface area (Å²) >= 11 is 9.53. The molecule has 0 unspecified atom stereocenters. The quantitative estimate of drug-likeness (QED) is 0.102. The molecule has 0 aliphatic rings. The molecule has 0 heterocycles. The standard InChI is InChI=1S/C10H10O3.2C7H8.3C3H4O3.CH2Cl2.2CH4O.H2O/c1-8(11)10(12)13-7-9-5-3-2-4-6-9;2*1-7-5-3-2-4-6-7;3*1-2(4)3(5)6;2-1-3;2*1-2;/h2-6H,7H2,1H3;2*2-6H,1H3;3*1H3,(H,5,6);1H2;2*2H,1H3;1H2/i10+1;;;3*3+1;;;;. The second kappa shape index (κ2) is 46.7. The monoisotopic (exact) mass is 796 g/mol. The summed E-state index contributed by atoms with van der Waals surface area (Å²) < 4.78 is 4.70. The number of hydrogen-bond donors (Lipinski definition) is 5. The first-order chi connectivity index (χ1) is 24.3. The number of esters is 1. The number of carbonyl (C=O) groups is 8. The van der Waals surface area contributed by atoms with Gasteiger partial charge in [-0.05, 0) is 19.4 Å². The van der Waals surface area contributed by atoms with Crippen LogP contribution in [0.5, 0.6) is 0 Å². The zero-order chi connectivity index (χ0) is 42.1. The van der Waals surface area contributed by atoms with E-state index in [9.17, 15) is 38.4 Å². The van der Waals surface area contributed by atoms with E-state index in [4.69, 9.17) is 53.5 Å². The number of hydrogen-bond acceptors (Lipinski definition) is 11. The number of benzene rings is 3. The van der Waals surface area contributed by atoms with Crippen molar-refractivity contribution in [3.63, 3.8) is 0 Å². The summed E-state index contributed by atoms with van der Waals surface area (Å²) in [4.78, 5) is 77.9. The third-order valence-electron chi connectivity index (χ3n) is 4.28. The van der Waals surface area contributed by atoms with Crippen LogP contribution in [0.1, 0.15) is 44.4 Å². The van der Waals surface area contributed by atoms with Gasteiger partial charge in [0.2, 0.25) is 23.1 Å². The number of aliphatic hydroxyl groups excluding tert-OH is 2. The number of aliphatic hydroxyl groups is 2. The highest BCUT2D eigenvalue weighted by Gasteiger charge is 2.08. The van der Waals surface area contributed by atoms with Crippen molar-refractivity contribution in [1.29, 1.82) is 0 Å². The van der Waals surface area contributed by atoms with E-state index in [0.717, 1.165) is 40.6 Å². The molecule has 3 aromatic carbocycles. The van der Waals surface area contributed by atoms with Crippen LogP contribution in [0.4, 0.5) is 0 Å². The van der Waals surface area contributed by atoms with Gasteiger partial charge in [-0.15, -0.1) is 23.2 Å². The first kappa shape index (κ1) is 62.8. The number of aryl methyl sites for hydroxylation is 2. The molecule has 0 spiro atoms. The lowest BCUT2D eigenvalue weighted by atomic mass is 10.2. The Kier molecular flexibility index (Phi) is 55.3. The Labute approximate surface area is 319 Å². The molecule has 0 aliphatic heterocycles. The van der Waals surface area contributed by atoms with Gasteiger partial charge in [0.05, 0.1) is 5.34 Å². The van der Waals surface area contributed by atoms with Crippen molar-refractivity contribution in [2.24, 2.45) is 0 Å². The molecule has 0 radical (unpaired) electrons. The molecule has 3 rings (SSSR count). The second-order valence-corrected chi connectivity index (χ2v) is 9.42. The first-order valence-corrected chi connectivity index (χ1v) is 15.4. The van der Waals surface area contributed by atoms with Crippen LogP contribution in [-0.2, 0) is 49.7 Å². The van der Waals surface area contributed by atoms with E-state index in [2.05, 4.69) is 38.1 Å². The van der Waals surface area contributed by atoms with Crippen molar-refractivity contribution in [1.82, 2.24) is 0 Å². The van der Waals surface area contributed by atoms with Crippen LogP contribution in [-0.4, -0.2) is 97.6 Å². The lowest BCUT2D eigenvalue weighted by Gasteiger charge is -2.01. The van der Waals surface area contributed by atoms with Gasteiger partial charge in [-0.25, -0.2) is 19.2 Å². The van der Waals surface area contributed by atoms with Gasteiger partial charge in [-0.1, -0.05) is 102 Å². The molecular formula is C36H50Cl2O15. The third-order valence-corrected chi connectivity index (χ3v) is 4.28. The number of halogens is 2. The average Bonchev–Trinajstić information content (AvgIpc) is 3.11. The minimum atomic E-state index is -1.38. The molecule has 17 heteroatoms. The lowest BCUT2D eigenvalue weighted by Crippen LogP contribution is -2.13. The van der Waals surface area contributed by atoms with Gasteiger partial charge in [0.25, 0.3) is 0 Å². The van der Waals surface area contributed by atoms with Gasteiger partial charge in [0.15, 0.2) is 0 Å². The molecule has 0 fully saturated rings. The van der Waals surface area contributed by atoms with Gasteiger partial charge < -0.3 is 35.7 Å². The van der Waals surface area contributed by atoms with Crippen molar-refractivity contribution >= 4 is 70.2 Å². The van der Waals surface area contributed by atoms with Crippen LogP contribution in [0.3, 0.4) is 0 Å². The zero-order valence-corrected chi connectivity index (χ0v) is 32.3. The summed E-state index contributed by atoms with van der Waals surface area (Å²) in [5.74, 6) is -7.97. The van der Waals surface area contributed by atoms with Crippen LogP contribution in [0, 0.1) is 13.8 Å². The summed E-state index contributed by atoms with van der Waals surface area (Å²) in [7, 11) is 2.00.